The van der Waals surface area contributed by atoms with Crippen LogP contribution in [-0.2, 0) is 11.2 Å². The van der Waals surface area contributed by atoms with E-state index in [4.69, 9.17) is 6.42 Å². The van der Waals surface area contributed by atoms with Crippen molar-refractivity contribution in [2.45, 2.75) is 57.8 Å². The van der Waals surface area contributed by atoms with Crippen LogP contribution in [0, 0.1) is 18.3 Å². The second kappa shape index (κ2) is 11.0. The second-order valence-electron chi connectivity index (χ2n) is 5.59. The Morgan fingerprint density at radius 1 is 1.05 bits per heavy atom. The Kier molecular flexibility index (Phi) is 9.04. The fraction of sp³-hybridized carbons (Fsp3) is 0.526. The van der Waals surface area contributed by atoms with Crippen molar-refractivity contribution in [1.29, 1.82) is 0 Å². The normalized spacial score (nSPS) is 11.8. The van der Waals surface area contributed by atoms with Crippen LogP contribution >= 0.6 is 0 Å². The van der Waals surface area contributed by atoms with Gasteiger partial charge < -0.3 is 5.11 Å². The molecule has 1 aromatic carbocycles. The highest BCUT2D eigenvalue weighted by Crippen LogP contribution is 2.17. The number of terminal acetylenes is 1. The Labute approximate surface area is 128 Å². The number of aliphatic carboxylic acids is 1. The van der Waals surface area contributed by atoms with Gasteiger partial charge in [0.15, 0.2) is 0 Å². The summed E-state index contributed by atoms with van der Waals surface area (Å²) in [5, 5.41) is 9.32. The van der Waals surface area contributed by atoms with Crippen LogP contribution in [0.2, 0.25) is 0 Å². The van der Waals surface area contributed by atoms with Gasteiger partial charge >= 0.3 is 5.97 Å². The van der Waals surface area contributed by atoms with Crippen molar-refractivity contribution in [1.82, 2.24) is 0 Å². The maximum absolute atomic E-state index is 11.3. The molecule has 0 spiro atoms. The zero-order valence-electron chi connectivity index (χ0n) is 12.8. The minimum atomic E-state index is -0.673. The Morgan fingerprint density at radius 2 is 1.67 bits per heavy atom. The molecule has 0 heterocycles. The number of benzene rings is 1. The summed E-state index contributed by atoms with van der Waals surface area (Å²) >= 11 is 0. The van der Waals surface area contributed by atoms with Gasteiger partial charge in [0.2, 0.25) is 0 Å². The largest absolute Gasteiger partial charge is 0.481 e. The zero-order chi connectivity index (χ0) is 15.3. The average Bonchev–Trinajstić information content (AvgIpc) is 2.49. The molecule has 1 N–H and O–H groups in total. The minimum Gasteiger partial charge on any atom is -0.481 e. The molecule has 2 nitrogen and oxygen atoms in total. The van der Waals surface area contributed by atoms with E-state index in [9.17, 15) is 9.90 Å². The standard InChI is InChI=1S/C19H26O2/c1-2-3-4-5-6-7-8-12-15-18(19(20)21)16-17-13-10-9-11-14-17/h1,9-11,13-14,18H,3-8,12,15-16H2,(H,20,21). The first-order chi connectivity index (χ1) is 10.2. The SMILES string of the molecule is C#CCCCCCCCCC(Cc1ccccc1)C(=O)O. The van der Waals surface area contributed by atoms with Crippen LogP contribution in [-0.4, -0.2) is 11.1 Å². The third kappa shape index (κ3) is 8.19. The van der Waals surface area contributed by atoms with E-state index in [-0.39, 0.29) is 5.92 Å². The first kappa shape index (κ1) is 17.3. The Balaban J connectivity index is 2.17. The van der Waals surface area contributed by atoms with Gasteiger partial charge in [0, 0.05) is 6.42 Å². The van der Waals surface area contributed by atoms with E-state index in [1.165, 1.54) is 19.3 Å². The molecule has 114 valence electrons. The van der Waals surface area contributed by atoms with E-state index in [0.717, 1.165) is 37.7 Å². The Bertz CT molecular complexity index is 431. The van der Waals surface area contributed by atoms with Crippen LogP contribution in [0.3, 0.4) is 0 Å². The van der Waals surface area contributed by atoms with Crippen molar-refractivity contribution in [3.63, 3.8) is 0 Å². The molecule has 0 aliphatic rings. The molecule has 0 bridgehead atoms. The first-order valence-electron chi connectivity index (χ1n) is 7.94. The third-order valence-corrected chi connectivity index (χ3v) is 3.80. The number of hydrogen-bond acceptors (Lipinski definition) is 1. The van der Waals surface area contributed by atoms with Gasteiger partial charge in [-0.05, 0) is 24.8 Å². The third-order valence-electron chi connectivity index (χ3n) is 3.80. The monoisotopic (exact) mass is 286 g/mol. The Morgan fingerprint density at radius 3 is 2.29 bits per heavy atom. The van der Waals surface area contributed by atoms with Gasteiger partial charge in [-0.1, -0.05) is 62.4 Å². The van der Waals surface area contributed by atoms with Gasteiger partial charge in [-0.15, -0.1) is 12.3 Å². The Hall–Kier alpha value is -1.75. The molecule has 1 atom stereocenters. The van der Waals surface area contributed by atoms with E-state index in [2.05, 4.69) is 5.92 Å². The van der Waals surface area contributed by atoms with Crippen LogP contribution in [0.4, 0.5) is 0 Å². The molecule has 21 heavy (non-hydrogen) atoms. The lowest BCUT2D eigenvalue weighted by molar-refractivity contribution is -0.142. The van der Waals surface area contributed by atoms with Gasteiger partial charge in [-0.25, -0.2) is 0 Å². The predicted molar refractivity (Wildman–Crippen MR) is 87.0 cm³/mol. The van der Waals surface area contributed by atoms with E-state index in [1.807, 2.05) is 30.3 Å². The van der Waals surface area contributed by atoms with Gasteiger partial charge in [-0.3, -0.25) is 4.79 Å². The molecule has 0 saturated carbocycles. The zero-order valence-corrected chi connectivity index (χ0v) is 12.8. The van der Waals surface area contributed by atoms with E-state index >= 15 is 0 Å². The molecule has 0 fully saturated rings. The number of carboxylic acid groups (broad SMARTS) is 1. The summed E-state index contributed by atoms with van der Waals surface area (Å²) in [6.07, 6.45) is 14.3. The number of unbranched alkanes of at least 4 members (excludes halogenated alkanes) is 6. The van der Waals surface area contributed by atoms with Crippen molar-refractivity contribution in [2.75, 3.05) is 0 Å². The van der Waals surface area contributed by atoms with Crippen LogP contribution in [0.25, 0.3) is 0 Å². The predicted octanol–water partition coefficient (Wildman–Crippen LogP) is 4.68. The average molecular weight is 286 g/mol. The summed E-state index contributed by atoms with van der Waals surface area (Å²) in [4.78, 5) is 11.3. The van der Waals surface area contributed by atoms with Crippen molar-refractivity contribution in [3.05, 3.63) is 35.9 Å². The maximum Gasteiger partial charge on any atom is 0.306 e. The first-order valence-corrected chi connectivity index (χ1v) is 7.94. The molecule has 1 unspecified atom stereocenters. The van der Waals surface area contributed by atoms with Crippen molar-refractivity contribution < 1.29 is 9.90 Å². The summed E-state index contributed by atoms with van der Waals surface area (Å²) in [5.41, 5.74) is 1.11. The number of hydrogen-bond donors (Lipinski definition) is 1. The van der Waals surface area contributed by atoms with Crippen molar-refractivity contribution in [3.8, 4) is 12.3 Å². The summed E-state index contributed by atoms with van der Waals surface area (Å²) < 4.78 is 0. The van der Waals surface area contributed by atoms with Crippen molar-refractivity contribution >= 4 is 5.97 Å². The highest BCUT2D eigenvalue weighted by molar-refractivity contribution is 5.70. The second-order valence-corrected chi connectivity index (χ2v) is 5.59. The van der Waals surface area contributed by atoms with Crippen LogP contribution < -0.4 is 0 Å². The molecule has 0 saturated heterocycles. The van der Waals surface area contributed by atoms with E-state index in [1.54, 1.807) is 0 Å². The highest BCUT2D eigenvalue weighted by atomic mass is 16.4. The molecular formula is C19H26O2. The van der Waals surface area contributed by atoms with Gasteiger partial charge in [0.1, 0.15) is 0 Å². The summed E-state index contributed by atoms with van der Waals surface area (Å²) in [5.74, 6) is 1.73. The molecule has 1 rings (SSSR count). The summed E-state index contributed by atoms with van der Waals surface area (Å²) in [7, 11) is 0. The lowest BCUT2D eigenvalue weighted by Crippen LogP contribution is -2.16. The minimum absolute atomic E-state index is 0.256. The quantitative estimate of drug-likeness (QED) is 0.473. The van der Waals surface area contributed by atoms with Crippen LogP contribution in [0.1, 0.15) is 56.9 Å². The van der Waals surface area contributed by atoms with Gasteiger partial charge in [-0.2, -0.15) is 0 Å². The fourth-order valence-electron chi connectivity index (χ4n) is 2.54. The number of carboxylic acids is 1. The van der Waals surface area contributed by atoms with Crippen molar-refractivity contribution in [2.24, 2.45) is 5.92 Å². The number of carbonyl (C=O) groups is 1. The van der Waals surface area contributed by atoms with E-state index < -0.39 is 5.97 Å². The van der Waals surface area contributed by atoms with Crippen LogP contribution in [0.15, 0.2) is 30.3 Å². The summed E-state index contributed by atoms with van der Waals surface area (Å²) in [6.45, 7) is 0. The topological polar surface area (TPSA) is 37.3 Å². The molecule has 1 aromatic rings. The lowest BCUT2D eigenvalue weighted by Gasteiger charge is -2.12. The molecule has 0 aliphatic carbocycles. The van der Waals surface area contributed by atoms with E-state index in [0.29, 0.717) is 6.42 Å². The fourth-order valence-corrected chi connectivity index (χ4v) is 2.54. The molecular weight excluding hydrogens is 260 g/mol. The van der Waals surface area contributed by atoms with Gasteiger partial charge in [0.05, 0.1) is 5.92 Å². The van der Waals surface area contributed by atoms with Gasteiger partial charge in [0.25, 0.3) is 0 Å². The molecule has 2 heteroatoms. The lowest BCUT2D eigenvalue weighted by atomic mass is 9.93. The molecule has 0 radical (unpaired) electrons. The smallest absolute Gasteiger partial charge is 0.306 e. The number of rotatable bonds is 11. The molecule has 0 aliphatic heterocycles. The highest BCUT2D eigenvalue weighted by Gasteiger charge is 2.17. The molecule has 0 aromatic heterocycles. The maximum atomic E-state index is 11.3. The van der Waals surface area contributed by atoms with Crippen LogP contribution in [0.5, 0.6) is 0 Å². The summed E-state index contributed by atoms with van der Waals surface area (Å²) in [6, 6.07) is 9.89. The molecule has 0 amide bonds.